The van der Waals surface area contributed by atoms with Gasteiger partial charge in [0, 0.05) is 10.8 Å². The number of aromatic hydroxyl groups is 2. The minimum atomic E-state index is -0.458. The summed E-state index contributed by atoms with van der Waals surface area (Å²) >= 11 is 3.21. The second kappa shape index (κ2) is 8.31. The van der Waals surface area contributed by atoms with Crippen molar-refractivity contribution in [1.29, 1.82) is 0 Å². The zero-order chi connectivity index (χ0) is 22.2. The number of hydrogen-bond donors (Lipinski definition) is 2. The summed E-state index contributed by atoms with van der Waals surface area (Å²) in [6.45, 7) is 4.63. The Morgan fingerprint density at radius 1 is 0.867 bits per heavy atom. The molecule has 0 bridgehead atoms. The lowest BCUT2D eigenvalue weighted by Gasteiger charge is -2.08. The Bertz CT molecular complexity index is 1310. The Hall–Kier alpha value is -3.13. The number of pyridine rings is 2. The lowest BCUT2D eigenvalue weighted by atomic mass is 10.0. The van der Waals surface area contributed by atoms with E-state index < -0.39 is 5.82 Å². The van der Waals surface area contributed by atoms with E-state index in [0.717, 1.165) is 0 Å². The highest BCUT2D eigenvalue weighted by molar-refractivity contribution is 9.10. The van der Waals surface area contributed by atoms with Crippen LogP contribution in [0.15, 0.2) is 40.9 Å². The van der Waals surface area contributed by atoms with Crippen molar-refractivity contribution in [3.63, 3.8) is 0 Å². The summed E-state index contributed by atoms with van der Waals surface area (Å²) in [4.78, 5) is 19.7. The van der Waals surface area contributed by atoms with Gasteiger partial charge in [-0.25, -0.2) is 18.7 Å². The zero-order valence-corrected chi connectivity index (χ0v) is 17.9. The van der Waals surface area contributed by atoms with E-state index in [1.54, 1.807) is 19.9 Å². The van der Waals surface area contributed by atoms with Crippen molar-refractivity contribution in [2.75, 3.05) is 0 Å². The minimum absolute atomic E-state index is 0.0584. The molecule has 0 atom stereocenters. The van der Waals surface area contributed by atoms with Gasteiger partial charge in [-0.2, -0.15) is 0 Å². The first-order valence-electron chi connectivity index (χ1n) is 8.84. The van der Waals surface area contributed by atoms with Crippen molar-refractivity contribution in [1.82, 2.24) is 9.97 Å². The zero-order valence-electron chi connectivity index (χ0n) is 16.3. The van der Waals surface area contributed by atoms with Crippen LogP contribution in [0, 0.1) is 25.5 Å². The van der Waals surface area contributed by atoms with E-state index in [9.17, 15) is 23.8 Å². The average Bonchev–Trinajstić information content (AvgIpc) is 2.68. The molecule has 2 aromatic carbocycles. The molecule has 0 saturated carbocycles. The number of fused-ring (bicyclic) bond motifs is 2. The Morgan fingerprint density at radius 2 is 1.33 bits per heavy atom. The second-order valence-corrected chi connectivity index (χ2v) is 7.45. The number of ketones is 1. The highest BCUT2D eigenvalue weighted by atomic mass is 79.9. The smallest absolute Gasteiger partial charge is 0.164 e. The maximum Gasteiger partial charge on any atom is 0.164 e. The van der Waals surface area contributed by atoms with Gasteiger partial charge >= 0.3 is 0 Å². The third kappa shape index (κ3) is 4.09. The van der Waals surface area contributed by atoms with Gasteiger partial charge in [0.05, 0.1) is 32.5 Å². The number of carbonyl (C=O) groups is 1. The molecule has 2 heterocycles. The summed E-state index contributed by atoms with van der Waals surface area (Å²) in [5.74, 6) is -1.23. The molecular formula is C22H17BrF2N2O3. The van der Waals surface area contributed by atoms with Crippen LogP contribution in [0.1, 0.15) is 28.7 Å². The second-order valence-electron chi connectivity index (χ2n) is 6.66. The SMILES string of the molecule is CC(=O)c1c(O)c(C)nc2ccc(F)cc12.Cc1nc2ccc(F)cc2c(Br)c1O. The number of halogens is 3. The maximum absolute atomic E-state index is 13.1. The molecule has 2 aromatic heterocycles. The standard InChI is InChI=1S/C12H10FNO2.C10H7BrFNO/c1-6-12(16)11(7(2)15)9-5-8(13)3-4-10(9)14-6;1-5-10(14)9(11)7-4-6(12)2-3-8(7)13-5/h3-5,16H,1-2H3;2-4,14H,1H3. The summed E-state index contributed by atoms with van der Waals surface area (Å²) in [6, 6.07) is 8.24. The van der Waals surface area contributed by atoms with Crippen LogP contribution in [0.4, 0.5) is 8.78 Å². The van der Waals surface area contributed by atoms with Gasteiger partial charge in [0.15, 0.2) is 11.5 Å². The molecule has 0 spiro atoms. The normalized spacial score (nSPS) is 10.7. The fourth-order valence-electron chi connectivity index (χ4n) is 3.01. The molecule has 0 saturated heterocycles. The summed E-state index contributed by atoms with van der Waals surface area (Å²) in [7, 11) is 0. The van der Waals surface area contributed by atoms with Gasteiger partial charge in [-0.05, 0) is 73.1 Å². The van der Waals surface area contributed by atoms with E-state index >= 15 is 0 Å². The molecule has 0 unspecified atom stereocenters. The molecule has 30 heavy (non-hydrogen) atoms. The van der Waals surface area contributed by atoms with Gasteiger partial charge in [0.1, 0.15) is 17.4 Å². The van der Waals surface area contributed by atoms with Crippen molar-refractivity contribution < 1.29 is 23.8 Å². The molecule has 4 aromatic rings. The van der Waals surface area contributed by atoms with Gasteiger partial charge in [0.25, 0.3) is 0 Å². The van der Waals surface area contributed by atoms with Crippen LogP contribution in [-0.4, -0.2) is 26.0 Å². The highest BCUT2D eigenvalue weighted by Gasteiger charge is 2.15. The first-order chi connectivity index (χ1) is 14.1. The summed E-state index contributed by atoms with van der Waals surface area (Å²) in [6.07, 6.45) is 0. The van der Waals surface area contributed by atoms with Crippen LogP contribution in [0.5, 0.6) is 11.5 Å². The topological polar surface area (TPSA) is 83.3 Å². The number of benzene rings is 2. The quantitative estimate of drug-likeness (QED) is 0.343. The third-order valence-corrected chi connectivity index (χ3v) is 5.28. The van der Waals surface area contributed by atoms with E-state index in [1.165, 1.54) is 37.3 Å². The number of hydrogen-bond acceptors (Lipinski definition) is 5. The first kappa shape index (κ1) is 21.6. The lowest BCUT2D eigenvalue weighted by Crippen LogP contribution is -1.99. The predicted octanol–water partition coefficient (Wildman–Crippen LogP) is 5.74. The molecule has 0 radical (unpaired) electrons. The molecule has 4 rings (SSSR count). The van der Waals surface area contributed by atoms with Crippen LogP contribution in [0.25, 0.3) is 21.8 Å². The van der Waals surface area contributed by atoms with Crippen LogP contribution < -0.4 is 0 Å². The van der Waals surface area contributed by atoms with Gasteiger partial charge < -0.3 is 10.2 Å². The van der Waals surface area contributed by atoms with E-state index in [4.69, 9.17) is 0 Å². The number of carbonyl (C=O) groups excluding carboxylic acids is 1. The number of nitrogens with zero attached hydrogens (tertiary/aromatic N) is 2. The maximum atomic E-state index is 13.1. The molecular weight excluding hydrogens is 458 g/mol. The molecule has 154 valence electrons. The van der Waals surface area contributed by atoms with Crippen LogP contribution in [0.2, 0.25) is 0 Å². The van der Waals surface area contributed by atoms with Gasteiger partial charge in [0.2, 0.25) is 0 Å². The molecule has 0 amide bonds. The Morgan fingerprint density at radius 3 is 1.87 bits per heavy atom. The Balaban J connectivity index is 0.000000172. The van der Waals surface area contributed by atoms with E-state index in [1.807, 2.05) is 0 Å². The van der Waals surface area contributed by atoms with Gasteiger partial charge in [-0.3, -0.25) is 4.79 Å². The van der Waals surface area contributed by atoms with Crippen LogP contribution in [-0.2, 0) is 0 Å². The largest absolute Gasteiger partial charge is 0.505 e. The minimum Gasteiger partial charge on any atom is -0.505 e. The fraction of sp³-hybridized carbons (Fsp3) is 0.136. The Kier molecular flexibility index (Phi) is 5.98. The molecule has 0 aliphatic carbocycles. The first-order valence-corrected chi connectivity index (χ1v) is 9.63. The predicted molar refractivity (Wildman–Crippen MR) is 114 cm³/mol. The van der Waals surface area contributed by atoms with Crippen molar-refractivity contribution in [3.05, 3.63) is 69.5 Å². The van der Waals surface area contributed by atoms with Crippen molar-refractivity contribution in [3.8, 4) is 11.5 Å². The van der Waals surface area contributed by atoms with Crippen molar-refractivity contribution >= 4 is 43.5 Å². The Labute approximate surface area is 179 Å². The lowest BCUT2D eigenvalue weighted by molar-refractivity contribution is 0.101. The summed E-state index contributed by atoms with van der Waals surface area (Å²) < 4.78 is 26.5. The summed E-state index contributed by atoms with van der Waals surface area (Å²) in [5.41, 5.74) is 2.18. The van der Waals surface area contributed by atoms with E-state index in [2.05, 4.69) is 25.9 Å². The van der Waals surface area contributed by atoms with E-state index in [-0.39, 0.29) is 28.7 Å². The van der Waals surface area contributed by atoms with Crippen molar-refractivity contribution in [2.45, 2.75) is 20.8 Å². The molecule has 5 nitrogen and oxygen atoms in total. The molecule has 0 aliphatic heterocycles. The fourth-order valence-corrected chi connectivity index (χ4v) is 3.61. The van der Waals surface area contributed by atoms with Gasteiger partial charge in [-0.1, -0.05) is 0 Å². The number of rotatable bonds is 1. The van der Waals surface area contributed by atoms with Crippen LogP contribution >= 0.6 is 15.9 Å². The molecule has 0 fully saturated rings. The van der Waals surface area contributed by atoms with Crippen LogP contribution in [0.3, 0.4) is 0 Å². The third-order valence-electron chi connectivity index (χ3n) is 4.48. The van der Waals surface area contributed by atoms with Crippen molar-refractivity contribution in [2.24, 2.45) is 0 Å². The molecule has 0 aliphatic rings. The molecule has 2 N–H and O–H groups in total. The number of aryl methyl sites for hydroxylation is 2. The van der Waals surface area contributed by atoms with E-state index in [0.29, 0.717) is 37.7 Å². The summed E-state index contributed by atoms with van der Waals surface area (Å²) in [5, 5.41) is 20.2. The van der Waals surface area contributed by atoms with Gasteiger partial charge in [-0.15, -0.1) is 0 Å². The monoisotopic (exact) mass is 474 g/mol. The highest BCUT2D eigenvalue weighted by Crippen LogP contribution is 2.33. The average molecular weight is 475 g/mol. The number of aromatic nitrogens is 2. The number of Topliss-reactive ketones (excluding diaryl/α,β-unsaturated/α-hetero) is 1. The molecule has 8 heteroatoms.